The first-order valence-electron chi connectivity index (χ1n) is 36.0. The van der Waals surface area contributed by atoms with E-state index in [-0.39, 0.29) is 33.7 Å². The third-order valence-corrected chi connectivity index (χ3v) is 21.7. The molecule has 0 N–H and O–H groups in total. The Bertz CT molecular complexity index is 5400. The molecule has 98 heavy (non-hydrogen) atoms. The fraction of sp³-hybridized carbons (Fsp3) is 0.253. The Hall–Kier alpha value is -9.85. The Morgan fingerprint density at radius 3 is 1.16 bits per heavy atom. The molecule has 492 valence electrons. The topological polar surface area (TPSA) is 15.5 Å². The number of aromatic nitrogens is 4. The van der Waals surface area contributed by atoms with Crippen LogP contribution in [0.2, 0.25) is 0 Å². The molecule has 4 aliphatic rings. The van der Waals surface area contributed by atoms with E-state index < -0.39 is 18.2 Å². The first-order chi connectivity index (χ1) is 48.1. The van der Waals surface area contributed by atoms with Crippen LogP contribution in [0.4, 0.5) is 13.2 Å². The van der Waals surface area contributed by atoms with Crippen molar-refractivity contribution < 1.29 is 36.9 Å². The zero-order valence-corrected chi connectivity index (χ0v) is 59.7. The second-order valence-electron chi connectivity index (χ2n) is 29.4. The third kappa shape index (κ3) is 10.8. The number of pyridine rings is 4. The zero-order valence-electron chi connectivity index (χ0n) is 63.7. The highest BCUT2D eigenvalue weighted by molar-refractivity contribution is 5.96. The van der Waals surface area contributed by atoms with Crippen LogP contribution >= 0.6 is 0 Å². The van der Waals surface area contributed by atoms with Crippen molar-refractivity contribution in [3.05, 3.63) is 309 Å². The zero-order chi connectivity index (χ0) is 73.2. The summed E-state index contributed by atoms with van der Waals surface area (Å²) in [5.41, 5.74) is 31.6. The summed E-state index contributed by atoms with van der Waals surface area (Å²) in [6.07, 6.45) is 8.21. The molecule has 7 heteroatoms. The van der Waals surface area contributed by atoms with E-state index in [4.69, 9.17) is 5.48 Å². The van der Waals surface area contributed by atoms with E-state index in [1.54, 1.807) is 30.3 Å². The van der Waals surface area contributed by atoms with Gasteiger partial charge in [-0.1, -0.05) is 160 Å². The summed E-state index contributed by atoms with van der Waals surface area (Å²) >= 11 is 0. The molecule has 1 atom stereocenters. The fourth-order valence-corrected chi connectivity index (χ4v) is 16.6. The molecule has 0 spiro atoms. The number of rotatable bonds is 5. The van der Waals surface area contributed by atoms with Gasteiger partial charge in [-0.25, -0.2) is 31.4 Å². The summed E-state index contributed by atoms with van der Waals surface area (Å²) in [5, 5.41) is 0. The smallest absolute Gasteiger partial charge is 0.207 e. The molecule has 0 saturated heterocycles. The maximum absolute atomic E-state index is 14.8. The number of benzene rings is 8. The van der Waals surface area contributed by atoms with Gasteiger partial charge in [-0.15, -0.1) is 0 Å². The molecule has 4 nitrogen and oxygen atoms in total. The van der Waals surface area contributed by atoms with Crippen LogP contribution < -0.4 is 18.3 Å². The highest BCUT2D eigenvalue weighted by atomic mass is 19.1. The maximum atomic E-state index is 14.8. The van der Waals surface area contributed by atoms with Crippen LogP contribution in [0.5, 0.6) is 0 Å². The molecule has 1 unspecified atom stereocenters. The van der Waals surface area contributed by atoms with Gasteiger partial charge < -0.3 is 0 Å². The monoisotopic (exact) mass is 1300 g/mol. The summed E-state index contributed by atoms with van der Waals surface area (Å²) in [4.78, 5) is 0. The molecule has 12 aromatic rings. The molecule has 4 heterocycles. The molecule has 8 aromatic carbocycles. The Kier molecular flexibility index (Phi) is 15.7. The molecule has 4 aromatic heterocycles. The Balaban J connectivity index is 0.000000122. The molecule has 0 fully saturated rings. The van der Waals surface area contributed by atoms with Gasteiger partial charge in [0.1, 0.15) is 45.6 Å². The number of nitrogens with zero attached hydrogens (tertiary/aromatic N) is 4. The normalized spacial score (nSPS) is 15.7. The van der Waals surface area contributed by atoms with E-state index in [2.05, 4.69) is 225 Å². The number of fused-ring (bicyclic) bond motifs is 12. The van der Waals surface area contributed by atoms with E-state index in [0.29, 0.717) is 5.56 Å². The number of hydrogen-bond acceptors (Lipinski definition) is 0. The summed E-state index contributed by atoms with van der Waals surface area (Å²) in [6, 6.07) is 63.9. The number of halogens is 3. The summed E-state index contributed by atoms with van der Waals surface area (Å²) < 4.78 is 84.1. The van der Waals surface area contributed by atoms with E-state index >= 15 is 0 Å². The summed E-state index contributed by atoms with van der Waals surface area (Å²) in [5.74, 6) is -2.17. The van der Waals surface area contributed by atoms with E-state index in [0.717, 1.165) is 72.7 Å². The van der Waals surface area contributed by atoms with Crippen LogP contribution in [0.3, 0.4) is 0 Å². The van der Waals surface area contributed by atoms with Gasteiger partial charge in [0.25, 0.3) is 0 Å². The van der Waals surface area contributed by atoms with Gasteiger partial charge in [0.05, 0.1) is 22.3 Å². The van der Waals surface area contributed by atoms with Crippen LogP contribution in [-0.2, 0) is 49.9 Å². The minimum Gasteiger partial charge on any atom is -0.207 e. The van der Waals surface area contributed by atoms with Gasteiger partial charge in [0.15, 0.2) is 24.8 Å². The molecule has 16 rings (SSSR count). The van der Waals surface area contributed by atoms with Crippen LogP contribution in [0, 0.1) is 45.1 Å². The first-order valence-corrected chi connectivity index (χ1v) is 34.0. The van der Waals surface area contributed by atoms with E-state index in [1.165, 1.54) is 90.5 Å². The first kappa shape index (κ1) is 61.7. The molecule has 0 aliphatic heterocycles. The SMILES string of the molecule is Cc1ccc2c(c1-c1cccc[n+]1C)-c1c(F)cccc1C2(C)C.Cc1ccc2c(c1-c1cccc[n+]1C)-c1cc(F)ccc1C2(C)C.Cc1ccc2c(c1-c1cccc[n+]1C)-c1ccc(F)cc1C2(C)C.[2H]C([2H])([2H])C([2H])(C)c1cccc2c1C(C)(C)c1ccc(C)c(-c3cccc[n+]3C)c1-2. The predicted molar refractivity (Wildman–Crippen MR) is 395 cm³/mol. The minimum absolute atomic E-state index is 0.117. The largest absolute Gasteiger partial charge is 0.213 e. The van der Waals surface area contributed by atoms with Crippen molar-refractivity contribution in [3.8, 4) is 89.5 Å². The maximum Gasteiger partial charge on any atom is 0.213 e. The lowest BCUT2D eigenvalue weighted by Gasteiger charge is -2.25. The predicted octanol–water partition coefficient (Wildman–Crippen LogP) is 20.7. The molecule has 0 saturated carbocycles. The second kappa shape index (κ2) is 24.9. The van der Waals surface area contributed by atoms with E-state index in [1.807, 2.05) is 93.2 Å². The Morgan fingerprint density at radius 1 is 0.327 bits per heavy atom. The third-order valence-electron chi connectivity index (χ3n) is 21.7. The van der Waals surface area contributed by atoms with Gasteiger partial charge in [0, 0.05) is 103 Å². The van der Waals surface area contributed by atoms with Crippen molar-refractivity contribution in [2.45, 2.75) is 124 Å². The number of aryl methyl sites for hydroxylation is 8. The lowest BCUT2D eigenvalue weighted by molar-refractivity contribution is -0.660. The lowest BCUT2D eigenvalue weighted by atomic mass is 9.78. The van der Waals surface area contributed by atoms with Crippen molar-refractivity contribution in [2.75, 3.05) is 0 Å². The Morgan fingerprint density at radius 2 is 0.694 bits per heavy atom. The van der Waals surface area contributed by atoms with Crippen molar-refractivity contribution in [1.29, 1.82) is 0 Å². The fourth-order valence-electron chi connectivity index (χ4n) is 16.6. The van der Waals surface area contributed by atoms with Crippen molar-refractivity contribution in [1.82, 2.24) is 0 Å². The van der Waals surface area contributed by atoms with Crippen LogP contribution in [-0.4, -0.2) is 0 Å². The minimum atomic E-state index is -2.42. The van der Waals surface area contributed by atoms with Crippen LogP contribution in [0.15, 0.2) is 219 Å². The average molecular weight is 1300 g/mol. The van der Waals surface area contributed by atoms with Crippen molar-refractivity contribution in [2.24, 2.45) is 28.2 Å². The van der Waals surface area contributed by atoms with Gasteiger partial charge in [-0.2, -0.15) is 0 Å². The highest BCUT2D eigenvalue weighted by Crippen LogP contribution is 2.58. The molecular formula is C91H91F3N4+4. The van der Waals surface area contributed by atoms with Gasteiger partial charge in [0.2, 0.25) is 22.8 Å². The number of hydrogen-bond donors (Lipinski definition) is 0. The Labute approximate surface area is 584 Å². The van der Waals surface area contributed by atoms with Crippen molar-refractivity contribution in [3.63, 3.8) is 0 Å². The lowest BCUT2D eigenvalue weighted by Crippen LogP contribution is -2.30. The quantitative estimate of drug-likeness (QED) is 0.153. The van der Waals surface area contributed by atoms with Crippen LogP contribution in [0.25, 0.3) is 89.5 Å². The molecule has 0 bridgehead atoms. The van der Waals surface area contributed by atoms with Gasteiger partial charge in [-0.3, -0.25) is 0 Å². The standard InChI is InChI=1S/C25H28N.3C22H21FN/c1-16(2)18-10-9-11-19-23-20(25(4,5)24(18)19)14-13-17(3)22(23)21-12-7-8-15-26(21)6;1-14-11-12-16-21(19(14)18-10-5-6-13-24(18)4)20-15(22(16,2)3)8-7-9-17(20)23;1-14-8-11-17-21(20(14)19-7-5-6-12-24(19)4)16-10-9-15(23)13-18(16)22(17,2)3;1-14-8-10-18-21(20(14)19-7-5-6-12-24(19)4)16-13-15(23)9-11-17(16)22(18,2)3/h7-16H,1-6H3;3*5-13H,1-4H3/q4*+1/i1D3,16D;;;. The van der Waals surface area contributed by atoms with Crippen LogP contribution in [0.1, 0.15) is 153 Å². The highest BCUT2D eigenvalue weighted by Gasteiger charge is 2.44. The van der Waals surface area contributed by atoms with E-state index in [9.17, 15) is 13.2 Å². The average Bonchev–Trinajstić information content (AvgIpc) is 1.57. The molecule has 0 radical (unpaired) electrons. The summed E-state index contributed by atoms with van der Waals surface area (Å²) in [7, 11) is 8.21. The molecule has 4 aliphatic carbocycles. The van der Waals surface area contributed by atoms with Gasteiger partial charge >= 0.3 is 0 Å². The molecule has 0 amide bonds. The second-order valence-corrected chi connectivity index (χ2v) is 29.4. The summed E-state index contributed by atoms with van der Waals surface area (Å²) in [6.45, 7) is 25.1. The van der Waals surface area contributed by atoms with Crippen molar-refractivity contribution >= 4 is 0 Å². The molecular weight excluding hydrogens is 1210 g/mol. The van der Waals surface area contributed by atoms with Gasteiger partial charge in [-0.05, 0) is 177 Å².